The van der Waals surface area contributed by atoms with E-state index in [1.807, 2.05) is 12.3 Å². The maximum Gasteiger partial charge on any atom is 0.252 e. The number of halogens is 1. The Morgan fingerprint density at radius 2 is 2.25 bits per heavy atom. The summed E-state index contributed by atoms with van der Waals surface area (Å²) in [5.41, 5.74) is 0.877. The molecule has 1 aromatic rings. The van der Waals surface area contributed by atoms with Gasteiger partial charge in [0, 0.05) is 31.1 Å². The van der Waals surface area contributed by atoms with E-state index in [1.165, 1.54) is 17.8 Å². The molecule has 2 saturated heterocycles. The zero-order valence-corrected chi connectivity index (χ0v) is 13.8. The van der Waals surface area contributed by atoms with Crippen molar-refractivity contribution in [1.29, 1.82) is 0 Å². The van der Waals surface area contributed by atoms with E-state index in [4.69, 9.17) is 11.6 Å². The average molecular weight is 335 g/mol. The first-order valence-corrected chi connectivity index (χ1v) is 9.77. The lowest BCUT2D eigenvalue weighted by Crippen LogP contribution is -2.56. The molecule has 112 valence electrons. The lowest BCUT2D eigenvalue weighted by atomic mass is 10.1. The molecule has 0 saturated carbocycles. The van der Waals surface area contributed by atoms with Crippen molar-refractivity contribution in [2.45, 2.75) is 41.9 Å². The van der Waals surface area contributed by atoms with E-state index in [2.05, 4.69) is 4.90 Å². The predicted molar refractivity (Wildman–Crippen MR) is 81.8 cm³/mol. The summed E-state index contributed by atoms with van der Waals surface area (Å²) >= 11 is 7.04. The number of fused-ring (bicyclic) bond motifs is 1. The second kappa shape index (κ2) is 5.57. The number of piperazine rings is 1. The Balaban J connectivity index is 1.86. The average Bonchev–Trinajstić information content (AvgIpc) is 3.05. The molecule has 0 amide bonds. The molecule has 7 heteroatoms. The maximum absolute atomic E-state index is 12.8. The summed E-state index contributed by atoms with van der Waals surface area (Å²) in [7, 11) is -3.37. The fourth-order valence-electron chi connectivity index (χ4n) is 3.17. The first-order valence-electron chi connectivity index (χ1n) is 6.91. The third-order valence-corrected chi connectivity index (χ3v) is 7.98. The minimum absolute atomic E-state index is 0.0379. The Morgan fingerprint density at radius 1 is 1.45 bits per heavy atom. The monoisotopic (exact) mass is 334 g/mol. The van der Waals surface area contributed by atoms with Gasteiger partial charge in [-0.05, 0) is 43.3 Å². The van der Waals surface area contributed by atoms with Gasteiger partial charge in [-0.15, -0.1) is 22.9 Å². The van der Waals surface area contributed by atoms with Crippen LogP contribution in [0.1, 0.15) is 25.3 Å². The van der Waals surface area contributed by atoms with E-state index in [0.29, 0.717) is 22.7 Å². The fraction of sp³-hybridized carbons (Fsp3) is 0.692. The Bertz CT molecular complexity index is 587. The molecule has 20 heavy (non-hydrogen) atoms. The van der Waals surface area contributed by atoms with Crippen LogP contribution in [0.15, 0.2) is 15.7 Å². The zero-order valence-electron chi connectivity index (χ0n) is 11.5. The lowest BCUT2D eigenvalue weighted by Gasteiger charge is -2.41. The largest absolute Gasteiger partial charge is 0.297 e. The van der Waals surface area contributed by atoms with Crippen molar-refractivity contribution in [3.8, 4) is 0 Å². The van der Waals surface area contributed by atoms with Crippen molar-refractivity contribution in [1.82, 2.24) is 9.21 Å². The molecule has 1 aromatic heterocycles. The SMILES string of the molecule is CC1CN2CCCC2CN1S(=O)(=O)c1cc(CCl)cs1. The summed E-state index contributed by atoms with van der Waals surface area (Å²) in [5.74, 6) is 0.359. The van der Waals surface area contributed by atoms with E-state index in [0.717, 1.165) is 25.1 Å². The van der Waals surface area contributed by atoms with Crippen molar-refractivity contribution >= 4 is 33.0 Å². The molecular formula is C13H19ClN2O2S2. The van der Waals surface area contributed by atoms with Gasteiger partial charge in [-0.2, -0.15) is 4.31 Å². The Morgan fingerprint density at radius 3 is 2.95 bits per heavy atom. The van der Waals surface area contributed by atoms with Gasteiger partial charge in [-0.3, -0.25) is 4.90 Å². The number of nitrogens with zero attached hydrogens (tertiary/aromatic N) is 2. The summed E-state index contributed by atoms with van der Waals surface area (Å²) in [4.78, 5) is 2.43. The Hall–Kier alpha value is -0.140. The van der Waals surface area contributed by atoms with Crippen molar-refractivity contribution in [2.75, 3.05) is 19.6 Å². The van der Waals surface area contributed by atoms with Gasteiger partial charge in [-0.1, -0.05) is 0 Å². The molecule has 2 unspecified atom stereocenters. The number of thiophene rings is 1. The van der Waals surface area contributed by atoms with Crippen LogP contribution in [0.5, 0.6) is 0 Å². The highest BCUT2D eigenvalue weighted by atomic mass is 35.5. The highest BCUT2D eigenvalue weighted by Crippen LogP contribution is 2.31. The van der Waals surface area contributed by atoms with Crippen molar-refractivity contribution in [3.05, 3.63) is 17.0 Å². The second-order valence-electron chi connectivity index (χ2n) is 5.62. The molecule has 0 bridgehead atoms. The molecule has 0 aliphatic carbocycles. The van der Waals surface area contributed by atoms with E-state index in [1.54, 1.807) is 10.4 Å². The molecule has 2 atom stereocenters. The first-order chi connectivity index (χ1) is 9.52. The molecule has 2 fully saturated rings. The Kier molecular flexibility index (Phi) is 4.12. The van der Waals surface area contributed by atoms with Crippen LogP contribution in [-0.4, -0.2) is 49.3 Å². The summed E-state index contributed by atoms with van der Waals surface area (Å²) in [6.45, 7) is 4.58. The molecule has 3 heterocycles. The van der Waals surface area contributed by atoms with Crippen molar-refractivity contribution in [3.63, 3.8) is 0 Å². The van der Waals surface area contributed by atoms with E-state index in [9.17, 15) is 8.42 Å². The van der Waals surface area contributed by atoms with Crippen LogP contribution in [0.3, 0.4) is 0 Å². The molecule has 0 spiro atoms. The van der Waals surface area contributed by atoms with Gasteiger partial charge < -0.3 is 0 Å². The first kappa shape index (κ1) is 14.8. The zero-order chi connectivity index (χ0) is 14.3. The highest BCUT2D eigenvalue weighted by molar-refractivity contribution is 7.91. The van der Waals surface area contributed by atoms with Crippen LogP contribution >= 0.6 is 22.9 Å². The van der Waals surface area contributed by atoms with Crippen molar-refractivity contribution in [2.24, 2.45) is 0 Å². The lowest BCUT2D eigenvalue weighted by molar-refractivity contribution is 0.117. The molecule has 2 aliphatic rings. The summed E-state index contributed by atoms with van der Waals surface area (Å²) in [6, 6.07) is 2.14. The van der Waals surface area contributed by atoms with E-state index < -0.39 is 10.0 Å². The minimum atomic E-state index is -3.37. The normalized spacial score (nSPS) is 28.7. The predicted octanol–water partition coefficient (Wildman–Crippen LogP) is 2.34. The number of alkyl halides is 1. The number of sulfonamides is 1. The van der Waals surface area contributed by atoms with E-state index >= 15 is 0 Å². The highest BCUT2D eigenvalue weighted by Gasteiger charge is 2.40. The minimum Gasteiger partial charge on any atom is -0.297 e. The van der Waals surface area contributed by atoms with Crippen LogP contribution in [-0.2, 0) is 15.9 Å². The molecular weight excluding hydrogens is 316 g/mol. The maximum atomic E-state index is 12.8. The number of rotatable bonds is 3. The third kappa shape index (κ3) is 2.52. The van der Waals surface area contributed by atoms with Gasteiger partial charge in [0.15, 0.2) is 0 Å². The summed E-state index contributed by atoms with van der Waals surface area (Å²) in [5, 5.41) is 1.83. The molecule has 2 aliphatic heterocycles. The van der Waals surface area contributed by atoms with E-state index in [-0.39, 0.29) is 6.04 Å². The van der Waals surface area contributed by atoms with Gasteiger partial charge in [-0.25, -0.2) is 8.42 Å². The Labute approximate surface area is 129 Å². The standard InChI is InChI=1S/C13H19ClN2O2S2/c1-10-7-15-4-2-3-12(15)8-16(10)20(17,18)13-5-11(6-14)9-19-13/h5,9-10,12H,2-4,6-8H2,1H3. The molecule has 0 aromatic carbocycles. The second-order valence-corrected chi connectivity index (χ2v) is 8.92. The molecule has 3 rings (SSSR count). The van der Waals surface area contributed by atoms with Crippen LogP contribution in [0.4, 0.5) is 0 Å². The molecule has 0 radical (unpaired) electrons. The van der Waals surface area contributed by atoms with Crippen LogP contribution in [0, 0.1) is 0 Å². The van der Waals surface area contributed by atoms with Crippen LogP contribution in [0.2, 0.25) is 0 Å². The quantitative estimate of drug-likeness (QED) is 0.797. The molecule has 4 nitrogen and oxygen atoms in total. The third-order valence-electron chi connectivity index (χ3n) is 4.23. The van der Waals surface area contributed by atoms with Gasteiger partial charge >= 0.3 is 0 Å². The summed E-state index contributed by atoms with van der Waals surface area (Å²) in [6.07, 6.45) is 2.29. The molecule has 0 N–H and O–H groups in total. The fourth-order valence-corrected chi connectivity index (χ4v) is 6.41. The van der Waals surface area contributed by atoms with Crippen LogP contribution < -0.4 is 0 Å². The summed E-state index contributed by atoms with van der Waals surface area (Å²) < 4.78 is 27.7. The van der Waals surface area contributed by atoms with Gasteiger partial charge in [0.2, 0.25) is 0 Å². The van der Waals surface area contributed by atoms with Gasteiger partial charge in [0.25, 0.3) is 10.0 Å². The topological polar surface area (TPSA) is 40.6 Å². The van der Waals surface area contributed by atoms with Gasteiger partial charge in [0.05, 0.1) is 0 Å². The van der Waals surface area contributed by atoms with Crippen LogP contribution in [0.25, 0.3) is 0 Å². The smallest absolute Gasteiger partial charge is 0.252 e. The van der Waals surface area contributed by atoms with Gasteiger partial charge in [0.1, 0.15) is 4.21 Å². The number of hydrogen-bond acceptors (Lipinski definition) is 4. The number of hydrogen-bond donors (Lipinski definition) is 0. The van der Waals surface area contributed by atoms with Crippen molar-refractivity contribution < 1.29 is 8.42 Å².